The molecule has 0 aliphatic heterocycles. The molecule has 0 spiro atoms. The lowest BCUT2D eigenvalue weighted by Gasteiger charge is -2.17. The van der Waals surface area contributed by atoms with Crippen molar-refractivity contribution >= 4 is 21.7 Å². The largest absolute Gasteiger partial charge is 0.255 e. The number of pyridine rings is 1. The van der Waals surface area contributed by atoms with Crippen molar-refractivity contribution in [3.63, 3.8) is 0 Å². The summed E-state index contributed by atoms with van der Waals surface area (Å²) in [6.07, 6.45) is 1.71. The normalized spacial score (nSPS) is 13.9. The lowest BCUT2D eigenvalue weighted by Crippen LogP contribution is -2.21. The molecule has 0 radical (unpaired) electrons. The second-order valence-corrected chi connectivity index (χ2v) is 6.98. The van der Waals surface area contributed by atoms with Crippen LogP contribution in [0.15, 0.2) is 41.4 Å². The fourth-order valence-electron chi connectivity index (χ4n) is 1.51. The lowest BCUT2D eigenvalue weighted by atomic mass is 10.2. The summed E-state index contributed by atoms with van der Waals surface area (Å²) in [5.74, 6) is 0. The quantitative estimate of drug-likeness (QED) is 0.757. The molecule has 0 saturated heterocycles. The Labute approximate surface area is 98.2 Å². The lowest BCUT2D eigenvalue weighted by molar-refractivity contribution is 0.648. The predicted molar refractivity (Wildman–Crippen MR) is 67.9 cm³/mol. The average molecular weight is 233 g/mol. The van der Waals surface area contributed by atoms with E-state index < -0.39 is 10.8 Å². The molecule has 1 aromatic heterocycles. The maximum absolute atomic E-state index is 12.2. The van der Waals surface area contributed by atoms with E-state index in [0.717, 1.165) is 15.8 Å². The zero-order chi connectivity index (χ0) is 11.8. The molecule has 1 aromatic carbocycles. The predicted octanol–water partition coefficient (Wildman–Crippen LogP) is 3.14. The summed E-state index contributed by atoms with van der Waals surface area (Å²) in [6, 6.07) is 9.83. The molecule has 0 aliphatic rings. The Morgan fingerprint density at radius 1 is 1.19 bits per heavy atom. The van der Waals surface area contributed by atoms with Crippen molar-refractivity contribution in [1.82, 2.24) is 4.98 Å². The smallest absolute Gasteiger partial charge is 0.0702 e. The standard InChI is InChI=1S/C13H15NOS/c1-13(2,3)16(15)11-8-10-6-4-5-7-12(10)14-9-11/h4-9H,1-3H3. The number of rotatable bonds is 1. The van der Waals surface area contributed by atoms with Gasteiger partial charge in [0.2, 0.25) is 0 Å². The summed E-state index contributed by atoms with van der Waals surface area (Å²) in [5, 5.41) is 1.04. The van der Waals surface area contributed by atoms with Gasteiger partial charge in [-0.05, 0) is 32.9 Å². The SMILES string of the molecule is CC(C)(C)S(=O)c1cnc2ccccc2c1. The molecule has 1 atom stereocenters. The van der Waals surface area contributed by atoms with Crippen LogP contribution in [-0.2, 0) is 10.8 Å². The van der Waals surface area contributed by atoms with Crippen LogP contribution in [0.1, 0.15) is 20.8 Å². The van der Waals surface area contributed by atoms with Crippen molar-refractivity contribution in [1.29, 1.82) is 0 Å². The third kappa shape index (κ3) is 2.14. The maximum atomic E-state index is 12.2. The topological polar surface area (TPSA) is 30.0 Å². The van der Waals surface area contributed by atoms with Crippen LogP contribution in [0.25, 0.3) is 10.9 Å². The molecular weight excluding hydrogens is 218 g/mol. The van der Waals surface area contributed by atoms with Gasteiger partial charge in [0.05, 0.1) is 21.2 Å². The monoisotopic (exact) mass is 233 g/mol. The average Bonchev–Trinajstić information content (AvgIpc) is 2.26. The number of para-hydroxylation sites is 1. The summed E-state index contributed by atoms with van der Waals surface area (Å²) in [6.45, 7) is 5.91. The van der Waals surface area contributed by atoms with E-state index in [1.807, 2.05) is 51.1 Å². The van der Waals surface area contributed by atoms with Gasteiger partial charge >= 0.3 is 0 Å². The second kappa shape index (κ2) is 3.98. The van der Waals surface area contributed by atoms with Gasteiger partial charge in [-0.1, -0.05) is 18.2 Å². The molecule has 1 unspecified atom stereocenters. The van der Waals surface area contributed by atoms with E-state index in [1.54, 1.807) is 6.20 Å². The summed E-state index contributed by atoms with van der Waals surface area (Å²) < 4.78 is 11.9. The van der Waals surface area contributed by atoms with Crippen molar-refractivity contribution in [2.45, 2.75) is 30.4 Å². The van der Waals surface area contributed by atoms with Crippen molar-refractivity contribution in [2.75, 3.05) is 0 Å². The Morgan fingerprint density at radius 2 is 1.88 bits per heavy atom. The van der Waals surface area contributed by atoms with Crippen molar-refractivity contribution in [3.05, 3.63) is 36.5 Å². The molecule has 0 N–H and O–H groups in total. The van der Waals surface area contributed by atoms with E-state index in [4.69, 9.17) is 0 Å². The first kappa shape index (κ1) is 11.3. The fraction of sp³-hybridized carbons (Fsp3) is 0.308. The van der Waals surface area contributed by atoms with E-state index >= 15 is 0 Å². The minimum absolute atomic E-state index is 0.246. The number of benzene rings is 1. The van der Waals surface area contributed by atoms with Crippen LogP contribution in [0.4, 0.5) is 0 Å². The van der Waals surface area contributed by atoms with E-state index in [1.165, 1.54) is 0 Å². The Kier molecular flexibility index (Phi) is 2.80. The van der Waals surface area contributed by atoms with Crippen LogP contribution in [0, 0.1) is 0 Å². The highest BCUT2D eigenvalue weighted by molar-refractivity contribution is 7.86. The van der Waals surface area contributed by atoms with Gasteiger partial charge < -0.3 is 0 Å². The van der Waals surface area contributed by atoms with E-state index in [2.05, 4.69) is 4.98 Å². The molecular formula is C13H15NOS. The van der Waals surface area contributed by atoms with E-state index in [-0.39, 0.29) is 4.75 Å². The zero-order valence-corrected chi connectivity index (χ0v) is 10.5. The number of hydrogen-bond donors (Lipinski definition) is 0. The van der Waals surface area contributed by atoms with Gasteiger partial charge in [-0.25, -0.2) is 0 Å². The van der Waals surface area contributed by atoms with Crippen molar-refractivity contribution < 1.29 is 4.21 Å². The molecule has 3 heteroatoms. The molecule has 2 rings (SSSR count). The third-order valence-corrected chi connectivity index (χ3v) is 4.10. The van der Waals surface area contributed by atoms with Crippen LogP contribution in [0.3, 0.4) is 0 Å². The Balaban J connectivity index is 2.52. The van der Waals surface area contributed by atoms with Gasteiger partial charge in [-0.15, -0.1) is 0 Å². The molecule has 0 amide bonds. The van der Waals surface area contributed by atoms with Gasteiger partial charge in [0.15, 0.2) is 0 Å². The van der Waals surface area contributed by atoms with Crippen molar-refractivity contribution in [2.24, 2.45) is 0 Å². The highest BCUT2D eigenvalue weighted by Crippen LogP contribution is 2.22. The molecule has 1 heterocycles. The Bertz CT molecular complexity index is 543. The van der Waals surface area contributed by atoms with Gasteiger partial charge in [-0.3, -0.25) is 9.19 Å². The third-order valence-electron chi connectivity index (χ3n) is 2.34. The van der Waals surface area contributed by atoms with E-state index in [0.29, 0.717) is 0 Å². The van der Waals surface area contributed by atoms with Gasteiger partial charge in [0.25, 0.3) is 0 Å². The molecule has 0 fully saturated rings. The zero-order valence-electron chi connectivity index (χ0n) is 9.73. The number of hydrogen-bond acceptors (Lipinski definition) is 2. The number of aromatic nitrogens is 1. The molecule has 0 aliphatic carbocycles. The molecule has 2 nitrogen and oxygen atoms in total. The minimum atomic E-state index is -1.02. The van der Waals surface area contributed by atoms with Crippen LogP contribution >= 0.6 is 0 Å². The first-order valence-electron chi connectivity index (χ1n) is 5.25. The van der Waals surface area contributed by atoms with Crippen LogP contribution in [0.5, 0.6) is 0 Å². The van der Waals surface area contributed by atoms with E-state index in [9.17, 15) is 4.21 Å². The van der Waals surface area contributed by atoms with Gasteiger partial charge in [-0.2, -0.15) is 0 Å². The van der Waals surface area contributed by atoms with Crippen LogP contribution < -0.4 is 0 Å². The Morgan fingerprint density at radius 3 is 2.56 bits per heavy atom. The molecule has 84 valence electrons. The fourth-order valence-corrected chi connectivity index (χ4v) is 2.60. The summed E-state index contributed by atoms with van der Waals surface area (Å²) in [7, 11) is -1.02. The maximum Gasteiger partial charge on any atom is 0.0702 e. The number of nitrogens with zero attached hydrogens (tertiary/aromatic N) is 1. The second-order valence-electron chi connectivity index (χ2n) is 4.74. The first-order chi connectivity index (χ1) is 7.48. The summed E-state index contributed by atoms with van der Waals surface area (Å²) in [5.41, 5.74) is 0.942. The van der Waals surface area contributed by atoms with Crippen LogP contribution in [0.2, 0.25) is 0 Å². The Hall–Kier alpha value is -1.22. The molecule has 16 heavy (non-hydrogen) atoms. The van der Waals surface area contributed by atoms with Gasteiger partial charge in [0, 0.05) is 16.3 Å². The van der Waals surface area contributed by atoms with Gasteiger partial charge in [0.1, 0.15) is 0 Å². The van der Waals surface area contributed by atoms with Crippen LogP contribution in [-0.4, -0.2) is 13.9 Å². The molecule has 0 saturated carbocycles. The number of fused-ring (bicyclic) bond motifs is 1. The highest BCUT2D eigenvalue weighted by atomic mass is 32.2. The van der Waals surface area contributed by atoms with Crippen molar-refractivity contribution in [3.8, 4) is 0 Å². The minimum Gasteiger partial charge on any atom is -0.255 e. The summed E-state index contributed by atoms with van der Waals surface area (Å²) >= 11 is 0. The highest BCUT2D eigenvalue weighted by Gasteiger charge is 2.21. The summed E-state index contributed by atoms with van der Waals surface area (Å²) in [4.78, 5) is 5.12. The molecule has 2 aromatic rings. The first-order valence-corrected chi connectivity index (χ1v) is 6.40. The molecule has 0 bridgehead atoms.